The van der Waals surface area contributed by atoms with Crippen molar-refractivity contribution in [3.8, 4) is 11.3 Å². The third kappa shape index (κ3) is 4.09. The fourth-order valence-electron chi connectivity index (χ4n) is 3.85. The number of nitrogens with zero attached hydrogens (tertiary/aromatic N) is 2. The van der Waals surface area contributed by atoms with Crippen molar-refractivity contribution in [2.45, 2.75) is 38.8 Å². The Morgan fingerprint density at radius 1 is 1.20 bits per heavy atom. The van der Waals surface area contributed by atoms with Gasteiger partial charge in [-0.25, -0.2) is 0 Å². The molecule has 1 saturated heterocycles. The van der Waals surface area contributed by atoms with Crippen LogP contribution in [-0.4, -0.2) is 45.9 Å². The second-order valence-corrected chi connectivity index (χ2v) is 7.18. The molecule has 4 nitrogen and oxygen atoms in total. The summed E-state index contributed by atoms with van der Waals surface area (Å²) in [4.78, 5) is 6.66. The zero-order valence-corrected chi connectivity index (χ0v) is 14.9. The number of aliphatic hydroxyl groups is 2. The van der Waals surface area contributed by atoms with E-state index in [1.165, 1.54) is 5.56 Å². The van der Waals surface area contributed by atoms with E-state index >= 15 is 0 Å². The van der Waals surface area contributed by atoms with Crippen molar-refractivity contribution < 1.29 is 10.2 Å². The van der Waals surface area contributed by atoms with Crippen molar-refractivity contribution in [3.63, 3.8) is 0 Å². The minimum atomic E-state index is -0.459. The first-order valence-electron chi connectivity index (χ1n) is 9.18. The normalized spacial score (nSPS) is 24.4. The number of hydrogen-bond acceptors (Lipinski definition) is 4. The second-order valence-electron chi connectivity index (χ2n) is 7.18. The van der Waals surface area contributed by atoms with Gasteiger partial charge in [-0.1, -0.05) is 43.7 Å². The lowest BCUT2D eigenvalue weighted by Crippen LogP contribution is -2.52. The fraction of sp³-hybridized carbons (Fsp3) is 0.476. The van der Waals surface area contributed by atoms with Gasteiger partial charge in [0.15, 0.2) is 0 Å². The third-order valence-electron chi connectivity index (χ3n) is 5.45. The van der Waals surface area contributed by atoms with Crippen LogP contribution in [0.2, 0.25) is 0 Å². The molecule has 1 aromatic carbocycles. The Morgan fingerprint density at radius 3 is 2.60 bits per heavy atom. The lowest BCUT2D eigenvalue weighted by molar-refractivity contribution is -0.0802. The van der Waals surface area contributed by atoms with Crippen LogP contribution < -0.4 is 0 Å². The van der Waals surface area contributed by atoms with Crippen molar-refractivity contribution in [3.05, 3.63) is 54.2 Å². The predicted molar refractivity (Wildman–Crippen MR) is 100 cm³/mol. The zero-order valence-electron chi connectivity index (χ0n) is 14.9. The van der Waals surface area contributed by atoms with Gasteiger partial charge >= 0.3 is 0 Å². The first-order chi connectivity index (χ1) is 12.2. The number of hydrogen-bond donors (Lipinski definition) is 2. The average Bonchev–Trinajstić information content (AvgIpc) is 2.66. The molecular formula is C21H28N2O2. The van der Waals surface area contributed by atoms with Crippen LogP contribution in [0.15, 0.2) is 48.7 Å². The van der Waals surface area contributed by atoms with Crippen LogP contribution in [0, 0.1) is 5.41 Å². The molecule has 0 saturated carbocycles. The minimum absolute atomic E-state index is 0.0780. The van der Waals surface area contributed by atoms with Crippen molar-refractivity contribution in [2.75, 3.05) is 19.7 Å². The van der Waals surface area contributed by atoms with Crippen molar-refractivity contribution in [1.29, 1.82) is 0 Å². The summed E-state index contributed by atoms with van der Waals surface area (Å²) in [5.74, 6) is 0. The molecule has 1 aromatic heterocycles. The fourth-order valence-corrected chi connectivity index (χ4v) is 3.85. The molecule has 2 aromatic rings. The van der Waals surface area contributed by atoms with Crippen LogP contribution in [0.25, 0.3) is 11.3 Å². The van der Waals surface area contributed by atoms with E-state index in [1.54, 1.807) is 0 Å². The van der Waals surface area contributed by atoms with Gasteiger partial charge in [0.2, 0.25) is 0 Å². The lowest BCUT2D eigenvalue weighted by Gasteiger charge is -2.44. The number of rotatable bonds is 6. The van der Waals surface area contributed by atoms with Crippen molar-refractivity contribution in [2.24, 2.45) is 5.41 Å². The van der Waals surface area contributed by atoms with E-state index in [1.807, 2.05) is 24.4 Å². The quantitative estimate of drug-likeness (QED) is 0.848. The van der Waals surface area contributed by atoms with Gasteiger partial charge in [-0.2, -0.15) is 0 Å². The summed E-state index contributed by atoms with van der Waals surface area (Å²) in [5.41, 5.74) is 3.02. The van der Waals surface area contributed by atoms with Gasteiger partial charge in [-0.05, 0) is 37.1 Å². The standard InChI is InChI=1S/C21H28N2O2/c1-2-10-21(16-24)11-13-23(15-20(21)25)14-17-6-8-18(9-7-17)19-5-3-4-12-22-19/h3-9,12,20,24-25H,2,10-11,13-16H2,1H3/t20-,21+/m0/s1. The lowest BCUT2D eigenvalue weighted by atomic mass is 9.73. The van der Waals surface area contributed by atoms with Crippen LogP contribution in [0.1, 0.15) is 31.7 Å². The molecule has 0 spiro atoms. The SMILES string of the molecule is CCC[C@]1(CO)CCN(Cc2ccc(-c3ccccn3)cc2)C[C@@H]1O. The summed E-state index contributed by atoms with van der Waals surface area (Å²) in [6, 6.07) is 14.4. The Hall–Kier alpha value is -1.75. The number of aliphatic hydroxyl groups excluding tert-OH is 2. The summed E-state index contributed by atoms with van der Waals surface area (Å²) in [6.07, 6.45) is 4.08. The molecule has 0 amide bonds. The van der Waals surface area contributed by atoms with E-state index in [0.29, 0.717) is 6.54 Å². The van der Waals surface area contributed by atoms with Gasteiger partial charge in [0.1, 0.15) is 0 Å². The highest BCUT2D eigenvalue weighted by Crippen LogP contribution is 2.36. The first kappa shape index (κ1) is 18.1. The largest absolute Gasteiger partial charge is 0.396 e. The Balaban J connectivity index is 1.62. The van der Waals surface area contributed by atoms with E-state index in [2.05, 4.69) is 41.1 Å². The van der Waals surface area contributed by atoms with Gasteiger partial charge < -0.3 is 10.2 Å². The number of β-amino-alcohol motifs (C(OH)–C–C–N with tert-alkyl or cyclic N) is 1. The minimum Gasteiger partial charge on any atom is -0.396 e. The Morgan fingerprint density at radius 2 is 2.00 bits per heavy atom. The Labute approximate surface area is 150 Å². The predicted octanol–water partition coefficient (Wildman–Crippen LogP) is 3.09. The highest BCUT2D eigenvalue weighted by molar-refractivity contribution is 5.58. The molecule has 1 aliphatic rings. The number of piperidine rings is 1. The average molecular weight is 340 g/mol. The molecule has 2 N–H and O–H groups in total. The molecule has 134 valence electrons. The molecule has 0 aliphatic carbocycles. The highest BCUT2D eigenvalue weighted by atomic mass is 16.3. The second kappa shape index (κ2) is 8.09. The zero-order chi connectivity index (χ0) is 17.7. The van der Waals surface area contributed by atoms with Gasteiger partial charge in [0.05, 0.1) is 18.4 Å². The van der Waals surface area contributed by atoms with Crippen molar-refractivity contribution >= 4 is 0 Å². The van der Waals surface area contributed by atoms with Crippen LogP contribution in [0.3, 0.4) is 0 Å². The van der Waals surface area contributed by atoms with Crippen LogP contribution in [0.4, 0.5) is 0 Å². The van der Waals surface area contributed by atoms with Gasteiger partial charge in [0, 0.05) is 30.3 Å². The summed E-state index contributed by atoms with van der Waals surface area (Å²) in [5, 5.41) is 20.4. The van der Waals surface area contributed by atoms with Gasteiger partial charge in [-0.3, -0.25) is 9.88 Å². The van der Waals surface area contributed by atoms with Gasteiger partial charge in [-0.15, -0.1) is 0 Å². The van der Waals surface area contributed by atoms with E-state index in [9.17, 15) is 10.2 Å². The van der Waals surface area contributed by atoms with E-state index in [4.69, 9.17) is 0 Å². The summed E-state index contributed by atoms with van der Waals surface area (Å²) in [7, 11) is 0. The van der Waals surface area contributed by atoms with E-state index in [-0.39, 0.29) is 12.0 Å². The molecular weight excluding hydrogens is 312 g/mol. The van der Waals surface area contributed by atoms with E-state index in [0.717, 1.165) is 43.6 Å². The maximum atomic E-state index is 10.6. The number of aromatic nitrogens is 1. The maximum Gasteiger partial charge on any atom is 0.0745 e. The molecule has 2 heterocycles. The van der Waals surface area contributed by atoms with Crippen LogP contribution in [-0.2, 0) is 6.54 Å². The van der Waals surface area contributed by atoms with Crippen molar-refractivity contribution in [1.82, 2.24) is 9.88 Å². The molecule has 0 unspecified atom stereocenters. The number of likely N-dealkylation sites (tertiary alicyclic amines) is 1. The molecule has 2 atom stereocenters. The molecule has 1 fully saturated rings. The molecule has 3 rings (SSSR count). The number of benzene rings is 1. The summed E-state index contributed by atoms with van der Waals surface area (Å²) in [6.45, 7) is 4.56. The van der Waals surface area contributed by atoms with Crippen LogP contribution >= 0.6 is 0 Å². The smallest absolute Gasteiger partial charge is 0.0745 e. The molecule has 25 heavy (non-hydrogen) atoms. The Kier molecular flexibility index (Phi) is 5.84. The van der Waals surface area contributed by atoms with Crippen LogP contribution in [0.5, 0.6) is 0 Å². The van der Waals surface area contributed by atoms with E-state index < -0.39 is 6.10 Å². The topological polar surface area (TPSA) is 56.6 Å². The maximum absolute atomic E-state index is 10.6. The molecule has 4 heteroatoms. The molecule has 1 aliphatic heterocycles. The molecule has 0 radical (unpaired) electrons. The summed E-state index contributed by atoms with van der Waals surface area (Å²) < 4.78 is 0. The van der Waals surface area contributed by atoms with Gasteiger partial charge in [0.25, 0.3) is 0 Å². The molecule has 0 bridgehead atoms. The highest BCUT2D eigenvalue weighted by Gasteiger charge is 2.40. The Bertz CT molecular complexity index is 659. The first-order valence-corrected chi connectivity index (χ1v) is 9.18. The third-order valence-corrected chi connectivity index (χ3v) is 5.45. The monoisotopic (exact) mass is 340 g/mol. The number of pyridine rings is 1. The summed E-state index contributed by atoms with van der Waals surface area (Å²) >= 11 is 0.